The molecular formula is C22H26N6O2. The van der Waals surface area contributed by atoms with Gasteiger partial charge in [0.2, 0.25) is 0 Å². The monoisotopic (exact) mass is 406 g/mol. The third kappa shape index (κ3) is 4.44. The number of nitrogens with one attached hydrogen (secondary N) is 1. The quantitative estimate of drug-likeness (QED) is 0.649. The second-order valence-electron chi connectivity index (χ2n) is 7.68. The van der Waals surface area contributed by atoms with E-state index in [0.29, 0.717) is 12.2 Å². The molecule has 8 nitrogen and oxygen atoms in total. The molecule has 4 rings (SSSR count). The Kier molecular flexibility index (Phi) is 5.67. The van der Waals surface area contributed by atoms with Crippen LogP contribution in [0.25, 0.3) is 11.1 Å². The number of nitrogen functional groups attached to an aromatic ring is 1. The van der Waals surface area contributed by atoms with Gasteiger partial charge in [-0.15, -0.1) is 0 Å². The Balaban J connectivity index is 1.39. The lowest BCUT2D eigenvalue weighted by Crippen LogP contribution is -2.36. The van der Waals surface area contributed by atoms with Gasteiger partial charge in [0.1, 0.15) is 18.2 Å². The summed E-state index contributed by atoms with van der Waals surface area (Å²) in [5.41, 5.74) is 8.06. The van der Waals surface area contributed by atoms with E-state index >= 15 is 0 Å². The van der Waals surface area contributed by atoms with Crippen molar-refractivity contribution in [2.24, 2.45) is 7.05 Å². The van der Waals surface area contributed by atoms with Crippen LogP contribution in [-0.4, -0.2) is 57.9 Å². The van der Waals surface area contributed by atoms with Crippen molar-refractivity contribution >= 4 is 11.7 Å². The van der Waals surface area contributed by atoms with E-state index in [9.17, 15) is 4.79 Å². The number of nitrogens with two attached hydrogens (primary N) is 1. The van der Waals surface area contributed by atoms with Gasteiger partial charge in [-0.1, -0.05) is 18.2 Å². The molecule has 1 saturated heterocycles. The van der Waals surface area contributed by atoms with E-state index < -0.39 is 0 Å². The number of rotatable bonds is 6. The van der Waals surface area contributed by atoms with E-state index in [1.807, 2.05) is 50.6 Å². The zero-order chi connectivity index (χ0) is 21.1. The third-order valence-electron chi connectivity index (χ3n) is 5.41. The van der Waals surface area contributed by atoms with Crippen LogP contribution in [0, 0.1) is 0 Å². The summed E-state index contributed by atoms with van der Waals surface area (Å²) in [5, 5.41) is 7.27. The summed E-state index contributed by atoms with van der Waals surface area (Å²) in [6.07, 6.45) is 6.07. The lowest BCUT2D eigenvalue weighted by Gasteiger charge is -2.19. The number of carbonyl (C=O) groups is 1. The van der Waals surface area contributed by atoms with Crippen LogP contribution in [0.15, 0.2) is 55.0 Å². The van der Waals surface area contributed by atoms with Gasteiger partial charge in [-0.3, -0.25) is 14.4 Å². The minimum absolute atomic E-state index is 0.0216. The number of likely N-dealkylation sites (tertiary alicyclic amines) is 1. The Morgan fingerprint density at radius 3 is 2.77 bits per heavy atom. The molecule has 1 aromatic carbocycles. The van der Waals surface area contributed by atoms with E-state index in [1.54, 1.807) is 23.1 Å². The second kappa shape index (κ2) is 8.54. The van der Waals surface area contributed by atoms with Gasteiger partial charge in [0.15, 0.2) is 0 Å². The Morgan fingerprint density at radius 2 is 2.03 bits per heavy atom. The summed E-state index contributed by atoms with van der Waals surface area (Å²) in [5.74, 6) is 0.855. The first kappa shape index (κ1) is 19.9. The van der Waals surface area contributed by atoms with Crippen LogP contribution in [0.2, 0.25) is 0 Å². The molecule has 0 spiro atoms. The van der Waals surface area contributed by atoms with E-state index in [0.717, 1.165) is 29.8 Å². The van der Waals surface area contributed by atoms with Crippen molar-refractivity contribution in [2.75, 3.05) is 25.9 Å². The average Bonchev–Trinajstić information content (AvgIpc) is 3.32. The fraction of sp³-hybridized carbons (Fsp3) is 0.318. The van der Waals surface area contributed by atoms with E-state index in [2.05, 4.69) is 20.3 Å². The number of para-hydroxylation sites is 1. The molecule has 2 atom stereocenters. The maximum atomic E-state index is 12.9. The highest BCUT2D eigenvalue weighted by molar-refractivity contribution is 5.99. The molecule has 1 amide bonds. The molecule has 1 aliphatic rings. The molecule has 1 fully saturated rings. The molecule has 2 aromatic heterocycles. The SMILES string of the molecule is CN1CC(NC(=O)c2cc(-c3cnn(C)c3)cnc2N)CC1COc1ccccc1. The first-order valence-electron chi connectivity index (χ1n) is 9.93. The Bertz CT molecular complexity index is 1020. The first-order chi connectivity index (χ1) is 14.5. The second-order valence-corrected chi connectivity index (χ2v) is 7.68. The van der Waals surface area contributed by atoms with E-state index in [4.69, 9.17) is 10.5 Å². The Labute approximate surface area is 175 Å². The number of carbonyl (C=O) groups excluding carboxylic acids is 1. The number of hydrogen-bond donors (Lipinski definition) is 2. The minimum atomic E-state index is -0.214. The van der Waals surface area contributed by atoms with Crippen LogP contribution in [-0.2, 0) is 7.05 Å². The largest absolute Gasteiger partial charge is 0.492 e. The number of likely N-dealkylation sites (N-methyl/N-ethyl adjacent to an activating group) is 1. The van der Waals surface area contributed by atoms with Crippen LogP contribution in [0.1, 0.15) is 16.8 Å². The molecule has 0 bridgehead atoms. The molecule has 156 valence electrons. The minimum Gasteiger partial charge on any atom is -0.492 e. The third-order valence-corrected chi connectivity index (χ3v) is 5.41. The topological polar surface area (TPSA) is 98.3 Å². The molecule has 3 heterocycles. The first-order valence-corrected chi connectivity index (χ1v) is 9.93. The van der Waals surface area contributed by atoms with Gasteiger partial charge < -0.3 is 15.8 Å². The van der Waals surface area contributed by atoms with Gasteiger partial charge in [-0.2, -0.15) is 5.10 Å². The predicted octanol–water partition coefficient (Wildman–Crippen LogP) is 1.95. The molecule has 0 aliphatic carbocycles. The highest BCUT2D eigenvalue weighted by Gasteiger charge is 2.31. The Hall–Kier alpha value is -3.39. The molecule has 3 aromatic rings. The number of pyridine rings is 1. The number of ether oxygens (including phenoxy) is 1. The predicted molar refractivity (Wildman–Crippen MR) is 115 cm³/mol. The maximum absolute atomic E-state index is 12.9. The van der Waals surface area contributed by atoms with Crippen LogP contribution < -0.4 is 15.8 Å². The lowest BCUT2D eigenvalue weighted by atomic mass is 10.1. The molecule has 3 N–H and O–H groups in total. The fourth-order valence-electron chi connectivity index (χ4n) is 3.74. The normalized spacial score (nSPS) is 19.0. The maximum Gasteiger partial charge on any atom is 0.255 e. The number of aromatic nitrogens is 3. The number of amides is 1. The van der Waals surface area contributed by atoms with Gasteiger partial charge >= 0.3 is 0 Å². The van der Waals surface area contributed by atoms with Gasteiger partial charge in [0.05, 0.1) is 11.8 Å². The number of aryl methyl sites for hydroxylation is 1. The smallest absolute Gasteiger partial charge is 0.255 e. The molecule has 2 unspecified atom stereocenters. The van der Waals surface area contributed by atoms with Crippen molar-refractivity contribution in [3.8, 4) is 16.9 Å². The number of benzene rings is 1. The van der Waals surface area contributed by atoms with Crippen molar-refractivity contribution in [1.29, 1.82) is 0 Å². The molecular weight excluding hydrogens is 380 g/mol. The molecule has 30 heavy (non-hydrogen) atoms. The summed E-state index contributed by atoms with van der Waals surface area (Å²) in [4.78, 5) is 19.3. The van der Waals surface area contributed by atoms with Crippen LogP contribution in [0.4, 0.5) is 5.82 Å². The molecule has 1 aliphatic heterocycles. The summed E-state index contributed by atoms with van der Waals surface area (Å²) in [7, 11) is 3.89. The van der Waals surface area contributed by atoms with Crippen LogP contribution in [0.3, 0.4) is 0 Å². The van der Waals surface area contributed by atoms with E-state index in [-0.39, 0.29) is 23.8 Å². The number of anilines is 1. The van der Waals surface area contributed by atoms with Crippen LogP contribution >= 0.6 is 0 Å². The van der Waals surface area contributed by atoms with Crippen molar-refractivity contribution in [3.63, 3.8) is 0 Å². The van der Waals surface area contributed by atoms with Gasteiger partial charge in [0.25, 0.3) is 5.91 Å². The molecule has 0 radical (unpaired) electrons. The van der Waals surface area contributed by atoms with Gasteiger partial charge in [0, 0.05) is 49.2 Å². The zero-order valence-corrected chi connectivity index (χ0v) is 17.2. The number of hydrogen-bond acceptors (Lipinski definition) is 6. The van der Waals surface area contributed by atoms with E-state index in [1.165, 1.54) is 0 Å². The van der Waals surface area contributed by atoms with Crippen LogP contribution in [0.5, 0.6) is 5.75 Å². The summed E-state index contributed by atoms with van der Waals surface area (Å²) in [6, 6.07) is 11.8. The molecule has 0 saturated carbocycles. The van der Waals surface area contributed by atoms with Gasteiger partial charge in [-0.25, -0.2) is 4.98 Å². The summed E-state index contributed by atoms with van der Waals surface area (Å²) in [6.45, 7) is 1.33. The Morgan fingerprint density at radius 1 is 1.23 bits per heavy atom. The van der Waals surface area contributed by atoms with Crippen molar-refractivity contribution in [2.45, 2.75) is 18.5 Å². The highest BCUT2D eigenvalue weighted by atomic mass is 16.5. The highest BCUT2D eigenvalue weighted by Crippen LogP contribution is 2.23. The lowest BCUT2D eigenvalue weighted by molar-refractivity contribution is 0.0939. The average molecular weight is 406 g/mol. The van der Waals surface area contributed by atoms with Crippen molar-refractivity contribution in [1.82, 2.24) is 25.0 Å². The fourth-order valence-corrected chi connectivity index (χ4v) is 3.74. The zero-order valence-electron chi connectivity index (χ0n) is 17.2. The summed E-state index contributed by atoms with van der Waals surface area (Å²) >= 11 is 0. The van der Waals surface area contributed by atoms with Crippen molar-refractivity contribution in [3.05, 3.63) is 60.6 Å². The van der Waals surface area contributed by atoms with Gasteiger partial charge in [-0.05, 0) is 31.7 Å². The molecule has 8 heteroatoms. The standard InChI is InChI=1S/C22H26N6O2/c1-27-13-17(9-18(27)14-30-19-6-4-3-5-7-19)26-22(29)20-8-15(10-24-21(20)23)16-11-25-28(2)12-16/h3-8,10-12,17-18H,9,13-14H2,1-2H3,(H2,23,24)(H,26,29). The number of nitrogens with zero attached hydrogens (tertiary/aromatic N) is 4. The van der Waals surface area contributed by atoms with Crippen molar-refractivity contribution < 1.29 is 9.53 Å². The summed E-state index contributed by atoms with van der Waals surface area (Å²) < 4.78 is 7.60.